The molecule has 0 radical (unpaired) electrons. The minimum Gasteiger partial charge on any atom is -0.455 e. The van der Waals surface area contributed by atoms with Crippen LogP contribution in [0.25, 0.3) is 0 Å². The van der Waals surface area contributed by atoms with E-state index in [-0.39, 0.29) is 31.6 Å². The van der Waals surface area contributed by atoms with Gasteiger partial charge in [0.2, 0.25) is 12.6 Å². The lowest BCUT2D eigenvalue weighted by molar-refractivity contribution is 0.00298. The van der Waals surface area contributed by atoms with Gasteiger partial charge in [0.25, 0.3) is 0 Å². The molecule has 4 aromatic rings. The van der Waals surface area contributed by atoms with Gasteiger partial charge in [-0.05, 0) is 48.5 Å². The summed E-state index contributed by atoms with van der Waals surface area (Å²) >= 11 is 0. The van der Waals surface area contributed by atoms with Crippen LogP contribution in [-0.4, -0.2) is 31.6 Å². The number of unbranched alkanes of at least 4 members (excludes halogenated alkanes) is 1. The fourth-order valence-electron chi connectivity index (χ4n) is 4.57. The topological polar surface area (TPSA) is 36.9 Å². The van der Waals surface area contributed by atoms with Gasteiger partial charge in [-0.25, -0.2) is 0 Å². The third-order valence-corrected chi connectivity index (χ3v) is 10.5. The van der Waals surface area contributed by atoms with Crippen LogP contribution in [0.1, 0.15) is 25.7 Å². The maximum absolute atomic E-state index is 6.17. The number of ether oxygens (including phenoxy) is 4. The van der Waals surface area contributed by atoms with Gasteiger partial charge in [0.15, 0.2) is 0 Å². The summed E-state index contributed by atoms with van der Waals surface area (Å²) < 4.78 is 24.7. The van der Waals surface area contributed by atoms with Crippen LogP contribution in [0, 0.1) is 0 Å². The standard InChI is InChI=1S/C34H42O4Si2/c1-5-15-29(16-6-1)35-33(36-30-17-7-2-8-18-30)23-27-39-25-13-14-26-40-28-24-34(37-31-19-9-3-10-20-31)38-32-21-11-4-12-22-32/h1-12,15-22,33-34H,13-14,23-28,39-40H2. The molecule has 0 fully saturated rings. The fourth-order valence-corrected chi connectivity index (χ4v) is 7.94. The van der Waals surface area contributed by atoms with Crippen LogP contribution in [0.15, 0.2) is 121 Å². The Morgan fingerprint density at radius 3 is 0.925 bits per heavy atom. The van der Waals surface area contributed by atoms with Crippen LogP contribution < -0.4 is 18.9 Å². The van der Waals surface area contributed by atoms with Crippen LogP contribution >= 0.6 is 0 Å². The summed E-state index contributed by atoms with van der Waals surface area (Å²) in [6.45, 7) is 0. The van der Waals surface area contributed by atoms with E-state index in [0.717, 1.165) is 35.8 Å². The van der Waals surface area contributed by atoms with Crippen molar-refractivity contribution >= 4 is 19.0 Å². The van der Waals surface area contributed by atoms with Crippen LogP contribution in [-0.2, 0) is 0 Å². The highest BCUT2D eigenvalue weighted by molar-refractivity contribution is 6.36. The van der Waals surface area contributed by atoms with E-state index in [4.69, 9.17) is 18.9 Å². The first-order valence-electron chi connectivity index (χ1n) is 14.7. The van der Waals surface area contributed by atoms with Crippen molar-refractivity contribution in [3.05, 3.63) is 121 Å². The first-order chi connectivity index (χ1) is 19.8. The highest BCUT2D eigenvalue weighted by atomic mass is 28.2. The molecular weight excluding hydrogens is 529 g/mol. The lowest BCUT2D eigenvalue weighted by atomic mass is 10.3. The molecule has 0 aromatic heterocycles. The number of para-hydroxylation sites is 4. The van der Waals surface area contributed by atoms with Crippen molar-refractivity contribution in [2.75, 3.05) is 0 Å². The second-order valence-electron chi connectivity index (χ2n) is 9.99. The van der Waals surface area contributed by atoms with E-state index in [9.17, 15) is 0 Å². The average Bonchev–Trinajstić information content (AvgIpc) is 3.00. The van der Waals surface area contributed by atoms with Crippen molar-refractivity contribution in [1.82, 2.24) is 0 Å². The molecular formula is C34H42O4Si2. The Kier molecular flexibility index (Phi) is 13.3. The second-order valence-corrected chi connectivity index (χ2v) is 14.2. The number of benzene rings is 4. The van der Waals surface area contributed by atoms with Crippen molar-refractivity contribution in [1.29, 1.82) is 0 Å². The van der Waals surface area contributed by atoms with Crippen LogP contribution in [0.4, 0.5) is 0 Å². The van der Waals surface area contributed by atoms with Gasteiger partial charge in [-0.3, -0.25) is 0 Å². The minimum atomic E-state index is -0.242. The zero-order valence-electron chi connectivity index (χ0n) is 23.4. The first-order valence-corrected chi connectivity index (χ1v) is 18.7. The van der Waals surface area contributed by atoms with Gasteiger partial charge in [-0.15, -0.1) is 0 Å². The molecule has 0 saturated heterocycles. The Balaban J connectivity index is 1.10. The first kappa shape index (κ1) is 29.5. The summed E-state index contributed by atoms with van der Waals surface area (Å²) in [5.41, 5.74) is 0. The lowest BCUT2D eigenvalue weighted by Crippen LogP contribution is -2.24. The van der Waals surface area contributed by atoms with Gasteiger partial charge in [0.1, 0.15) is 23.0 Å². The summed E-state index contributed by atoms with van der Waals surface area (Å²) in [6.07, 6.45) is 4.10. The van der Waals surface area contributed by atoms with Crippen LogP contribution in [0.3, 0.4) is 0 Å². The number of hydrogen-bond acceptors (Lipinski definition) is 4. The summed E-state index contributed by atoms with van der Waals surface area (Å²) in [6, 6.07) is 45.2. The van der Waals surface area contributed by atoms with Crippen molar-refractivity contribution in [2.24, 2.45) is 0 Å². The Labute approximate surface area is 244 Å². The third-order valence-electron chi connectivity index (χ3n) is 6.67. The maximum atomic E-state index is 6.17. The van der Waals surface area contributed by atoms with Gasteiger partial charge < -0.3 is 18.9 Å². The molecule has 210 valence electrons. The Hall–Kier alpha value is -3.49. The molecule has 4 nitrogen and oxygen atoms in total. The Bertz CT molecular complexity index is 986. The van der Waals surface area contributed by atoms with E-state index in [1.54, 1.807) is 0 Å². The van der Waals surface area contributed by atoms with Gasteiger partial charge in [0.05, 0.1) is 0 Å². The summed E-state index contributed by atoms with van der Waals surface area (Å²) in [5, 5.41) is 0. The van der Waals surface area contributed by atoms with Crippen molar-refractivity contribution < 1.29 is 18.9 Å². The van der Waals surface area contributed by atoms with Gasteiger partial charge in [-0.2, -0.15) is 0 Å². The van der Waals surface area contributed by atoms with Gasteiger partial charge >= 0.3 is 0 Å². The summed E-state index contributed by atoms with van der Waals surface area (Å²) in [5.74, 6) is 3.45. The van der Waals surface area contributed by atoms with Crippen molar-refractivity contribution in [3.8, 4) is 23.0 Å². The SMILES string of the molecule is c1ccc(OC(CC[SiH2]CCCC[SiH2]CCC(Oc2ccccc2)Oc2ccccc2)Oc2ccccc2)cc1. The second kappa shape index (κ2) is 18.0. The monoisotopic (exact) mass is 570 g/mol. The van der Waals surface area contributed by atoms with Crippen molar-refractivity contribution in [2.45, 2.75) is 62.4 Å². The molecule has 0 amide bonds. The molecule has 0 atom stereocenters. The molecule has 0 aliphatic carbocycles. The molecule has 6 heteroatoms. The zero-order chi connectivity index (χ0) is 27.5. The van der Waals surface area contributed by atoms with E-state index >= 15 is 0 Å². The Morgan fingerprint density at radius 2 is 0.650 bits per heavy atom. The van der Waals surface area contributed by atoms with E-state index in [2.05, 4.69) is 0 Å². The minimum absolute atomic E-state index is 0.114. The normalized spacial score (nSPS) is 11.6. The van der Waals surface area contributed by atoms with Crippen LogP contribution in [0.2, 0.25) is 24.2 Å². The van der Waals surface area contributed by atoms with E-state index < -0.39 is 0 Å². The molecule has 0 saturated carbocycles. The zero-order valence-corrected chi connectivity index (χ0v) is 26.2. The predicted molar refractivity (Wildman–Crippen MR) is 171 cm³/mol. The average molecular weight is 571 g/mol. The largest absolute Gasteiger partial charge is 0.455 e. The fraction of sp³-hybridized carbons (Fsp3) is 0.294. The lowest BCUT2D eigenvalue weighted by Gasteiger charge is -2.20. The molecule has 0 aliphatic rings. The number of hydrogen-bond donors (Lipinski definition) is 0. The maximum Gasteiger partial charge on any atom is 0.240 e. The summed E-state index contributed by atoms with van der Waals surface area (Å²) in [4.78, 5) is 0. The molecule has 4 aromatic carbocycles. The van der Waals surface area contributed by atoms with Gasteiger partial charge in [-0.1, -0.05) is 110 Å². The van der Waals surface area contributed by atoms with Crippen LogP contribution in [0.5, 0.6) is 23.0 Å². The summed E-state index contributed by atoms with van der Waals surface area (Å²) in [7, 11) is -0.228. The van der Waals surface area contributed by atoms with E-state index in [1.807, 2.05) is 121 Å². The molecule has 0 bridgehead atoms. The molecule has 0 unspecified atom stereocenters. The molecule has 0 N–H and O–H groups in total. The third kappa shape index (κ3) is 11.7. The highest BCUT2D eigenvalue weighted by Gasteiger charge is 2.14. The quantitative estimate of drug-likeness (QED) is 0.0664. The number of rotatable bonds is 19. The van der Waals surface area contributed by atoms with Gasteiger partial charge in [0, 0.05) is 31.9 Å². The van der Waals surface area contributed by atoms with Crippen molar-refractivity contribution in [3.63, 3.8) is 0 Å². The van der Waals surface area contributed by atoms with E-state index in [1.165, 1.54) is 37.0 Å². The van der Waals surface area contributed by atoms with E-state index in [0.29, 0.717) is 0 Å². The molecule has 4 rings (SSSR count). The molecule has 40 heavy (non-hydrogen) atoms. The highest BCUT2D eigenvalue weighted by Crippen LogP contribution is 2.20. The smallest absolute Gasteiger partial charge is 0.240 e. The Morgan fingerprint density at radius 1 is 0.375 bits per heavy atom. The molecule has 0 heterocycles. The molecule has 0 spiro atoms. The predicted octanol–water partition coefficient (Wildman–Crippen LogP) is 7.53. The molecule has 0 aliphatic heterocycles.